The normalized spacial score (nSPS) is 47.2. The molecule has 27 nitrogen and oxygen atoms in total. The zero-order chi connectivity index (χ0) is 64.4. The first kappa shape index (κ1) is 69.7. The molecule has 16 N–H and O–H groups in total. The SMILES string of the molecule is CC(=O)OC(C)C(C)C(=O)OC[C@]12C3CC(C)(C)[C@H](O[C@@H]1C[C@]1(C)C3=CC[C@@H]3[C@@]4(C)CC[C@H](O[C@@H]5O[C@H](C(=O)O)[C@@H](O[C@@H]6O[C@H](CO)[C@@H](O)[C@H](O)[C@H]6O)[C@H](O)[C@H]5O[C@@H]5OC[C@@H](O)[C@H](O)[C@H]5O)[C@](C)(CO)[C@@H]4CC[C@]31C)[C@H]2O.NCCCC[C@H](N)C(=O)O. The Kier molecular flexibility index (Phi) is 21.2. The lowest BCUT2D eigenvalue weighted by Crippen LogP contribution is -2.69. The molecule has 4 heterocycles. The molecular weight excluding hydrogens is 1150 g/mol. The number of rotatable bonds is 19. The predicted molar refractivity (Wildman–Crippen MR) is 300 cm³/mol. The molecule has 0 aromatic rings. The summed E-state index contributed by atoms with van der Waals surface area (Å²) >= 11 is 0. The maximum absolute atomic E-state index is 13.6. The number of carboxylic acids is 2. The van der Waals surface area contributed by atoms with Crippen LogP contribution in [0.25, 0.3) is 0 Å². The lowest BCUT2D eigenvalue weighted by Gasteiger charge is -2.71. The Labute approximate surface area is 506 Å². The summed E-state index contributed by atoms with van der Waals surface area (Å²) in [5, 5.41) is 129. The second-order valence-corrected chi connectivity index (χ2v) is 28.0. The quantitative estimate of drug-likeness (QED) is 0.0317. The molecule has 0 spiro atoms. The van der Waals surface area contributed by atoms with Gasteiger partial charge in [-0.2, -0.15) is 0 Å². The topological polar surface area (TPSA) is 446 Å². The summed E-state index contributed by atoms with van der Waals surface area (Å²) in [6, 6.07) is -0.716. The maximum atomic E-state index is 13.6. The van der Waals surface area contributed by atoms with E-state index in [1.165, 1.54) is 12.5 Å². The summed E-state index contributed by atoms with van der Waals surface area (Å²) in [6.07, 6.45) is -20.7. The molecule has 2 bridgehead atoms. The fraction of sp³-hybridized carbons (Fsp3) is 0.900. The van der Waals surface area contributed by atoms with Crippen molar-refractivity contribution in [2.45, 2.75) is 249 Å². The number of hydrogen-bond donors (Lipinski definition) is 14. The molecule has 8 fully saturated rings. The zero-order valence-electron chi connectivity index (χ0n) is 51.4. The van der Waals surface area contributed by atoms with Crippen molar-refractivity contribution in [3.05, 3.63) is 11.6 Å². The molecule has 0 amide bonds. The van der Waals surface area contributed by atoms with Crippen molar-refractivity contribution in [1.82, 2.24) is 0 Å². The number of carbonyl (C=O) groups excluding carboxylic acids is 2. The lowest BCUT2D eigenvalue weighted by molar-refractivity contribution is -0.387. The van der Waals surface area contributed by atoms with E-state index >= 15 is 0 Å². The van der Waals surface area contributed by atoms with Gasteiger partial charge in [0, 0.05) is 12.3 Å². The molecule has 498 valence electrons. The van der Waals surface area contributed by atoms with Gasteiger partial charge in [0.1, 0.15) is 79.8 Å². The average Bonchev–Trinajstić information content (AvgIpc) is 1.67. The van der Waals surface area contributed by atoms with E-state index in [1.807, 2.05) is 6.92 Å². The number of esters is 2. The summed E-state index contributed by atoms with van der Waals surface area (Å²) in [7, 11) is 0. The molecular formula is C60H98N2O25. The van der Waals surface area contributed by atoms with Gasteiger partial charge >= 0.3 is 23.9 Å². The Morgan fingerprint density at radius 1 is 0.759 bits per heavy atom. The fourth-order valence-corrected chi connectivity index (χ4v) is 17.2. The van der Waals surface area contributed by atoms with Crippen molar-refractivity contribution < 1.29 is 123 Å². The average molecular weight is 1250 g/mol. The van der Waals surface area contributed by atoms with Gasteiger partial charge in [0.25, 0.3) is 0 Å². The highest BCUT2D eigenvalue weighted by molar-refractivity contribution is 5.74. The Balaban J connectivity index is 0.000000900. The van der Waals surface area contributed by atoms with Crippen molar-refractivity contribution in [3.63, 3.8) is 0 Å². The van der Waals surface area contributed by atoms with Crippen LogP contribution >= 0.6 is 0 Å². The minimum Gasteiger partial charge on any atom is -0.480 e. The molecule has 4 saturated carbocycles. The summed E-state index contributed by atoms with van der Waals surface area (Å²) in [5.74, 6) is -4.75. The van der Waals surface area contributed by atoms with Crippen LogP contribution in [0.2, 0.25) is 0 Å². The van der Waals surface area contributed by atoms with Crippen LogP contribution < -0.4 is 11.5 Å². The maximum Gasteiger partial charge on any atom is 0.335 e. The number of fused-ring (bicyclic) bond motifs is 7. The molecule has 4 aliphatic heterocycles. The third kappa shape index (κ3) is 12.3. The Morgan fingerprint density at radius 2 is 1.43 bits per heavy atom. The fourth-order valence-electron chi connectivity index (χ4n) is 17.2. The summed E-state index contributed by atoms with van der Waals surface area (Å²) in [5.41, 5.74) is 8.02. The van der Waals surface area contributed by atoms with Gasteiger partial charge in [0.2, 0.25) is 0 Å². The van der Waals surface area contributed by atoms with E-state index in [1.54, 1.807) is 13.8 Å². The second kappa shape index (κ2) is 26.5. The molecule has 29 atom stereocenters. The van der Waals surface area contributed by atoms with Crippen LogP contribution in [0.3, 0.4) is 0 Å². The molecule has 0 aromatic carbocycles. The van der Waals surface area contributed by atoms with Crippen LogP contribution in [0.5, 0.6) is 0 Å². The van der Waals surface area contributed by atoms with Crippen LogP contribution in [-0.2, 0) is 61.8 Å². The third-order valence-corrected chi connectivity index (χ3v) is 22.6. The number of hydrogen-bond acceptors (Lipinski definition) is 25. The highest BCUT2D eigenvalue weighted by Crippen LogP contribution is 2.77. The van der Waals surface area contributed by atoms with E-state index in [0.29, 0.717) is 57.9 Å². The summed E-state index contributed by atoms with van der Waals surface area (Å²) in [4.78, 5) is 48.6. The number of aliphatic hydroxyl groups is 10. The second-order valence-electron chi connectivity index (χ2n) is 28.0. The first-order valence-corrected chi connectivity index (χ1v) is 30.8. The molecule has 0 radical (unpaired) electrons. The van der Waals surface area contributed by atoms with Crippen molar-refractivity contribution in [1.29, 1.82) is 0 Å². The predicted octanol–water partition coefficient (Wildman–Crippen LogP) is -1.06. The summed E-state index contributed by atoms with van der Waals surface area (Å²) < 4.78 is 54.3. The number of ether oxygens (including phenoxy) is 9. The van der Waals surface area contributed by atoms with Crippen molar-refractivity contribution in [2.75, 3.05) is 33.0 Å². The monoisotopic (exact) mass is 1250 g/mol. The first-order valence-electron chi connectivity index (χ1n) is 30.8. The smallest absolute Gasteiger partial charge is 0.335 e. The first-order chi connectivity index (χ1) is 40.6. The summed E-state index contributed by atoms with van der Waals surface area (Å²) in [6.45, 7) is 16.5. The third-order valence-electron chi connectivity index (χ3n) is 22.6. The van der Waals surface area contributed by atoms with Gasteiger partial charge in [-0.3, -0.25) is 14.4 Å². The molecule has 0 aromatic heterocycles. The Hall–Kier alpha value is -3.14. The van der Waals surface area contributed by atoms with Crippen LogP contribution in [0.1, 0.15) is 127 Å². The lowest BCUT2D eigenvalue weighted by atomic mass is 9.33. The van der Waals surface area contributed by atoms with E-state index in [9.17, 15) is 75.3 Å². The molecule has 9 aliphatic rings. The van der Waals surface area contributed by atoms with Gasteiger partial charge in [0.05, 0.1) is 55.6 Å². The minimum absolute atomic E-state index is 0.0482. The molecule has 27 heteroatoms. The van der Waals surface area contributed by atoms with Gasteiger partial charge in [-0.15, -0.1) is 0 Å². The number of nitrogens with two attached hydrogens (primary N) is 2. The van der Waals surface area contributed by atoms with Crippen LogP contribution in [0.15, 0.2) is 11.6 Å². The number of aliphatic carboxylic acids is 2. The Bertz CT molecular complexity index is 2470. The number of aliphatic hydroxyl groups excluding tert-OH is 10. The van der Waals surface area contributed by atoms with E-state index in [0.717, 1.165) is 12.8 Å². The van der Waals surface area contributed by atoms with E-state index in [4.69, 9.17) is 59.2 Å². The van der Waals surface area contributed by atoms with E-state index in [2.05, 4.69) is 40.7 Å². The van der Waals surface area contributed by atoms with E-state index in [-0.39, 0.29) is 36.4 Å². The molecule has 5 aliphatic carbocycles. The standard InChI is InChI=1S/C54H84O23.C6H14N2O2/c1-22(23(2)71-24(3)57)45(68)70-21-54-26-16-49(4,5)43(42(54)65)73-32(54)17-53(9)25(26)10-11-30-50(6)14-13-31(51(7,20-56)29(50)12-15-52(30,53)8)74-48-40(76-46-36(62)33(59)27(58)19-69-46)38(64)39(41(77-48)44(66)67)75-47-37(63)35(61)34(60)28(18-55)72-47;7-4-2-1-3-5(8)6(9)10/h10,22-23,26-43,46-48,55-56,58-65H,11-21H2,1-9H3,(H,66,67);5H,1-4,7-8H2,(H,9,10)/t22?,23?,26?,27-,28-,29-,30-,31+,32-,33+,34-,35+,36-,37-,38+,39+,40-,41+,42-,43-,46+,47+,48-,50+,51-,52-,53-,54+;5-/m10/s1. The van der Waals surface area contributed by atoms with Gasteiger partial charge in [-0.25, -0.2) is 4.79 Å². The highest BCUT2D eigenvalue weighted by atomic mass is 16.8. The number of unbranched alkanes of at least 4 members (excludes halogenated alkanes) is 1. The van der Waals surface area contributed by atoms with Crippen LogP contribution in [0, 0.1) is 56.2 Å². The van der Waals surface area contributed by atoms with Crippen LogP contribution in [0.4, 0.5) is 0 Å². The van der Waals surface area contributed by atoms with E-state index < -0.39 is 193 Å². The van der Waals surface area contributed by atoms with Gasteiger partial charge in [-0.1, -0.05) is 59.6 Å². The van der Waals surface area contributed by atoms with Gasteiger partial charge < -0.3 is 115 Å². The largest absolute Gasteiger partial charge is 0.480 e. The number of carbonyl (C=O) groups is 4. The Morgan fingerprint density at radius 3 is 2.05 bits per heavy atom. The molecule has 87 heavy (non-hydrogen) atoms. The number of allylic oxidation sites excluding steroid dienone is 2. The van der Waals surface area contributed by atoms with Crippen molar-refractivity contribution >= 4 is 23.9 Å². The van der Waals surface area contributed by atoms with Crippen molar-refractivity contribution in [3.8, 4) is 0 Å². The number of carboxylic acid groups (broad SMARTS) is 2. The zero-order valence-corrected chi connectivity index (χ0v) is 51.4. The van der Waals surface area contributed by atoms with Gasteiger partial charge in [0.15, 0.2) is 25.0 Å². The molecule has 4 saturated heterocycles. The van der Waals surface area contributed by atoms with Crippen LogP contribution in [-0.4, -0.2) is 241 Å². The molecule has 9 rings (SSSR count). The molecule has 3 unspecified atom stereocenters. The minimum atomic E-state index is -2.09. The van der Waals surface area contributed by atoms with Crippen molar-refractivity contribution in [2.24, 2.45) is 67.6 Å². The highest BCUT2D eigenvalue weighted by Gasteiger charge is 2.76. The van der Waals surface area contributed by atoms with Gasteiger partial charge in [-0.05, 0) is 118 Å².